The number of fused-ring (bicyclic) bond motifs is 1. The van der Waals surface area contributed by atoms with E-state index in [2.05, 4.69) is 15.4 Å². The molecule has 0 atom stereocenters. The standard InChI is InChI=1S/C20H18F3N5O4S/c21-20(22,23)17-3-1-2-16(25-17)19(30)24-14-4-5-15-13(10-14)11-28(26-15)12-18(29)27-6-8-33(31,32)9-7-27/h1-5,10-11H,6-9,12H2,(H,24,30). The van der Waals surface area contributed by atoms with Crippen LogP contribution >= 0.6 is 0 Å². The molecule has 3 aromatic rings. The predicted molar refractivity (Wildman–Crippen MR) is 112 cm³/mol. The molecule has 0 saturated carbocycles. The summed E-state index contributed by atoms with van der Waals surface area (Å²) in [5.41, 5.74) is -0.685. The lowest BCUT2D eigenvalue weighted by Crippen LogP contribution is -2.45. The molecule has 174 valence electrons. The van der Waals surface area contributed by atoms with Crippen molar-refractivity contribution in [3.63, 3.8) is 0 Å². The van der Waals surface area contributed by atoms with E-state index >= 15 is 0 Å². The van der Waals surface area contributed by atoms with Crippen LogP contribution in [0.25, 0.3) is 10.9 Å². The van der Waals surface area contributed by atoms with Gasteiger partial charge in [0.15, 0.2) is 9.84 Å². The van der Waals surface area contributed by atoms with Crippen molar-refractivity contribution >= 4 is 38.2 Å². The highest BCUT2D eigenvalue weighted by Crippen LogP contribution is 2.27. The van der Waals surface area contributed by atoms with Crippen LogP contribution in [0.2, 0.25) is 0 Å². The quantitative estimate of drug-likeness (QED) is 0.610. The fourth-order valence-corrected chi connectivity index (χ4v) is 4.55. The third-order valence-corrected chi connectivity index (χ3v) is 6.69. The van der Waals surface area contributed by atoms with Crippen molar-refractivity contribution in [2.45, 2.75) is 12.7 Å². The molecule has 1 fully saturated rings. The van der Waals surface area contributed by atoms with Crippen molar-refractivity contribution < 1.29 is 31.2 Å². The van der Waals surface area contributed by atoms with E-state index in [0.717, 1.165) is 12.1 Å². The van der Waals surface area contributed by atoms with Crippen LogP contribution in [0.1, 0.15) is 16.2 Å². The van der Waals surface area contributed by atoms with Gasteiger partial charge in [-0.1, -0.05) is 6.07 Å². The first-order chi connectivity index (χ1) is 15.5. The summed E-state index contributed by atoms with van der Waals surface area (Å²) >= 11 is 0. The first-order valence-electron chi connectivity index (χ1n) is 9.81. The molecule has 0 spiro atoms. The summed E-state index contributed by atoms with van der Waals surface area (Å²) < 4.78 is 62.9. The second kappa shape index (κ2) is 8.46. The molecule has 1 aliphatic rings. The number of halogens is 3. The second-order valence-electron chi connectivity index (χ2n) is 7.49. The monoisotopic (exact) mass is 481 g/mol. The number of carbonyl (C=O) groups excluding carboxylic acids is 2. The van der Waals surface area contributed by atoms with Gasteiger partial charge in [-0.05, 0) is 30.3 Å². The summed E-state index contributed by atoms with van der Waals surface area (Å²) in [6.07, 6.45) is -3.07. The Labute approximate surface area is 186 Å². The molecule has 33 heavy (non-hydrogen) atoms. The molecular formula is C20H18F3N5O4S. The second-order valence-corrected chi connectivity index (χ2v) is 9.80. The van der Waals surface area contributed by atoms with Crippen LogP contribution < -0.4 is 5.32 Å². The molecule has 9 nitrogen and oxygen atoms in total. The van der Waals surface area contributed by atoms with Gasteiger partial charge in [0, 0.05) is 30.4 Å². The molecular weight excluding hydrogens is 463 g/mol. The summed E-state index contributed by atoms with van der Waals surface area (Å²) in [5, 5.41) is 7.39. The van der Waals surface area contributed by atoms with Crippen LogP contribution in [0.3, 0.4) is 0 Å². The molecule has 0 aliphatic carbocycles. The van der Waals surface area contributed by atoms with Gasteiger partial charge < -0.3 is 10.2 Å². The van der Waals surface area contributed by atoms with E-state index in [0.29, 0.717) is 16.6 Å². The number of carbonyl (C=O) groups is 2. The van der Waals surface area contributed by atoms with E-state index in [4.69, 9.17) is 0 Å². The summed E-state index contributed by atoms with van der Waals surface area (Å²) in [6.45, 7) is 0.202. The average Bonchev–Trinajstić information content (AvgIpc) is 3.14. The summed E-state index contributed by atoms with van der Waals surface area (Å²) in [7, 11) is -3.10. The number of amides is 2. The van der Waals surface area contributed by atoms with Crippen LogP contribution in [0, 0.1) is 0 Å². The third-order valence-electron chi connectivity index (χ3n) is 5.08. The van der Waals surface area contributed by atoms with Crippen LogP contribution in [-0.2, 0) is 27.4 Å². The first kappa shape index (κ1) is 22.7. The Morgan fingerprint density at radius 3 is 2.52 bits per heavy atom. The van der Waals surface area contributed by atoms with Gasteiger partial charge in [0.1, 0.15) is 17.9 Å². The van der Waals surface area contributed by atoms with Gasteiger partial charge in [-0.2, -0.15) is 18.3 Å². The molecule has 1 aromatic carbocycles. The Hall–Kier alpha value is -3.48. The predicted octanol–water partition coefficient (Wildman–Crippen LogP) is 1.96. The lowest BCUT2D eigenvalue weighted by atomic mass is 10.2. The molecule has 1 saturated heterocycles. The summed E-state index contributed by atoms with van der Waals surface area (Å²) in [6, 6.07) is 7.76. The number of sulfone groups is 1. The normalized spacial score (nSPS) is 16.0. The SMILES string of the molecule is O=C(Nc1ccc2nn(CC(=O)N3CCS(=O)(=O)CC3)cc2c1)c1cccc(C(F)(F)F)n1. The zero-order valence-corrected chi connectivity index (χ0v) is 17.9. The molecule has 0 unspecified atom stereocenters. The number of benzene rings is 1. The number of anilines is 1. The van der Waals surface area contributed by atoms with Gasteiger partial charge in [-0.25, -0.2) is 13.4 Å². The van der Waals surface area contributed by atoms with Gasteiger partial charge in [0.25, 0.3) is 5.91 Å². The minimum atomic E-state index is -4.66. The van der Waals surface area contributed by atoms with Crippen molar-refractivity contribution in [2.24, 2.45) is 0 Å². The first-order valence-corrected chi connectivity index (χ1v) is 11.6. The number of nitrogens with zero attached hydrogens (tertiary/aromatic N) is 4. The summed E-state index contributed by atoms with van der Waals surface area (Å²) in [5.74, 6) is -1.20. The molecule has 0 radical (unpaired) electrons. The van der Waals surface area contributed by atoms with Crippen molar-refractivity contribution in [3.05, 3.63) is 54.0 Å². The molecule has 3 heterocycles. The third kappa shape index (κ3) is 5.30. The zero-order valence-electron chi connectivity index (χ0n) is 17.0. The Bertz CT molecular complexity index is 1320. The van der Waals surface area contributed by atoms with Crippen LogP contribution in [0.15, 0.2) is 42.6 Å². The highest BCUT2D eigenvalue weighted by atomic mass is 32.2. The molecule has 1 N–H and O–H groups in total. The molecule has 4 rings (SSSR count). The highest BCUT2D eigenvalue weighted by molar-refractivity contribution is 7.91. The minimum Gasteiger partial charge on any atom is -0.339 e. The smallest absolute Gasteiger partial charge is 0.339 e. The highest BCUT2D eigenvalue weighted by Gasteiger charge is 2.33. The Balaban J connectivity index is 1.45. The molecule has 13 heteroatoms. The van der Waals surface area contributed by atoms with E-state index in [1.54, 1.807) is 18.3 Å². The molecule has 2 amide bonds. The Morgan fingerprint density at radius 1 is 1.09 bits per heavy atom. The summed E-state index contributed by atoms with van der Waals surface area (Å²) in [4.78, 5) is 29.6. The van der Waals surface area contributed by atoms with Crippen molar-refractivity contribution in [1.82, 2.24) is 19.7 Å². The van der Waals surface area contributed by atoms with Gasteiger partial charge >= 0.3 is 6.18 Å². The number of hydrogen-bond acceptors (Lipinski definition) is 6. The topological polar surface area (TPSA) is 114 Å². The largest absolute Gasteiger partial charge is 0.433 e. The maximum Gasteiger partial charge on any atom is 0.433 e. The Morgan fingerprint density at radius 2 is 1.82 bits per heavy atom. The fraction of sp³-hybridized carbons (Fsp3) is 0.300. The van der Waals surface area contributed by atoms with Gasteiger partial charge in [-0.15, -0.1) is 0 Å². The van der Waals surface area contributed by atoms with E-state index in [-0.39, 0.29) is 42.7 Å². The van der Waals surface area contributed by atoms with E-state index in [1.807, 2.05) is 0 Å². The molecule has 1 aliphatic heterocycles. The van der Waals surface area contributed by atoms with Gasteiger partial charge in [0.2, 0.25) is 5.91 Å². The maximum atomic E-state index is 12.8. The lowest BCUT2D eigenvalue weighted by Gasteiger charge is -2.26. The number of hydrogen-bond donors (Lipinski definition) is 1. The van der Waals surface area contributed by atoms with Crippen molar-refractivity contribution in [1.29, 1.82) is 0 Å². The van der Waals surface area contributed by atoms with E-state index in [9.17, 15) is 31.2 Å². The zero-order chi connectivity index (χ0) is 23.8. The van der Waals surface area contributed by atoms with Crippen LogP contribution in [-0.4, -0.2) is 64.5 Å². The molecule has 0 bridgehead atoms. The molecule has 2 aromatic heterocycles. The minimum absolute atomic E-state index is 0.0659. The number of aromatic nitrogens is 3. The van der Waals surface area contributed by atoms with Gasteiger partial charge in [-0.3, -0.25) is 14.3 Å². The Kier molecular flexibility index (Phi) is 5.82. The fourth-order valence-electron chi connectivity index (χ4n) is 3.35. The average molecular weight is 481 g/mol. The lowest BCUT2D eigenvalue weighted by molar-refractivity contribution is -0.141. The van der Waals surface area contributed by atoms with E-state index < -0.39 is 27.6 Å². The number of alkyl halides is 3. The number of pyridine rings is 1. The van der Waals surface area contributed by atoms with Gasteiger partial charge in [0.05, 0.1) is 17.0 Å². The van der Waals surface area contributed by atoms with Crippen molar-refractivity contribution in [2.75, 3.05) is 29.9 Å². The number of rotatable bonds is 4. The number of nitrogens with one attached hydrogen (secondary N) is 1. The van der Waals surface area contributed by atoms with Crippen molar-refractivity contribution in [3.8, 4) is 0 Å². The maximum absolute atomic E-state index is 12.8. The van der Waals surface area contributed by atoms with Crippen LogP contribution in [0.5, 0.6) is 0 Å². The van der Waals surface area contributed by atoms with Crippen LogP contribution in [0.4, 0.5) is 18.9 Å². The van der Waals surface area contributed by atoms with E-state index in [1.165, 1.54) is 21.7 Å².